The third-order valence-electron chi connectivity index (χ3n) is 3.50. The van der Waals surface area contributed by atoms with Crippen LogP contribution in [0.3, 0.4) is 0 Å². The van der Waals surface area contributed by atoms with Crippen molar-refractivity contribution in [1.82, 2.24) is 0 Å². The van der Waals surface area contributed by atoms with Gasteiger partial charge in [0.25, 0.3) is 0 Å². The number of benzene rings is 1. The number of carbonyl (C=O) groups is 1. The van der Waals surface area contributed by atoms with Crippen molar-refractivity contribution in [3.05, 3.63) is 35.4 Å². The van der Waals surface area contributed by atoms with Crippen LogP contribution < -0.4 is 5.73 Å². The second kappa shape index (κ2) is 4.31. The van der Waals surface area contributed by atoms with Gasteiger partial charge in [-0.1, -0.05) is 12.1 Å². The minimum atomic E-state index is -2.62. The number of ether oxygens (including phenoxy) is 1. The lowest BCUT2D eigenvalue weighted by Gasteiger charge is -2.47. The van der Waals surface area contributed by atoms with E-state index in [-0.39, 0.29) is 19.4 Å². The van der Waals surface area contributed by atoms with E-state index in [1.54, 1.807) is 24.3 Å². The Morgan fingerprint density at radius 1 is 1.33 bits per heavy atom. The molecule has 5 heteroatoms. The minimum Gasteiger partial charge on any atom is -0.465 e. The van der Waals surface area contributed by atoms with Crippen LogP contribution >= 0.6 is 0 Å². The molecule has 0 bridgehead atoms. The molecular formula is C13H15F2NO2. The van der Waals surface area contributed by atoms with Crippen molar-refractivity contribution in [2.75, 3.05) is 13.7 Å². The second-order valence-corrected chi connectivity index (χ2v) is 4.76. The van der Waals surface area contributed by atoms with Crippen LogP contribution in [0.2, 0.25) is 0 Å². The Morgan fingerprint density at radius 2 is 1.89 bits per heavy atom. The molecular weight excluding hydrogens is 240 g/mol. The number of carbonyl (C=O) groups excluding carboxylic acids is 1. The molecule has 0 unspecified atom stereocenters. The Kier molecular flexibility index (Phi) is 3.11. The summed E-state index contributed by atoms with van der Waals surface area (Å²) < 4.78 is 30.7. The zero-order valence-corrected chi connectivity index (χ0v) is 10.1. The van der Waals surface area contributed by atoms with Crippen LogP contribution in [0, 0.1) is 0 Å². The number of halogens is 2. The summed E-state index contributed by atoms with van der Waals surface area (Å²) >= 11 is 0. The van der Waals surface area contributed by atoms with Crippen LogP contribution in [-0.2, 0) is 10.2 Å². The van der Waals surface area contributed by atoms with Gasteiger partial charge in [-0.3, -0.25) is 0 Å². The van der Waals surface area contributed by atoms with Crippen LogP contribution in [0.4, 0.5) is 8.78 Å². The Bertz CT molecular complexity index is 449. The van der Waals surface area contributed by atoms with Crippen molar-refractivity contribution in [2.24, 2.45) is 5.73 Å². The number of rotatable bonds is 3. The van der Waals surface area contributed by atoms with E-state index in [1.807, 2.05) is 0 Å². The molecule has 0 amide bonds. The summed E-state index contributed by atoms with van der Waals surface area (Å²) in [6.45, 7) is 0.181. The Morgan fingerprint density at radius 3 is 2.28 bits per heavy atom. The van der Waals surface area contributed by atoms with Crippen molar-refractivity contribution in [3.8, 4) is 0 Å². The first-order valence-corrected chi connectivity index (χ1v) is 5.69. The van der Waals surface area contributed by atoms with Crippen LogP contribution in [0.1, 0.15) is 28.8 Å². The van der Waals surface area contributed by atoms with E-state index in [0.717, 1.165) is 5.56 Å². The molecule has 3 nitrogen and oxygen atoms in total. The molecule has 0 spiro atoms. The maximum absolute atomic E-state index is 13.0. The summed E-state index contributed by atoms with van der Waals surface area (Å²) in [7, 11) is 1.30. The van der Waals surface area contributed by atoms with Crippen molar-refractivity contribution in [3.63, 3.8) is 0 Å². The van der Waals surface area contributed by atoms with Gasteiger partial charge in [0.05, 0.1) is 12.7 Å². The largest absolute Gasteiger partial charge is 0.465 e. The molecule has 1 fully saturated rings. The molecule has 2 N–H and O–H groups in total. The molecule has 1 aromatic rings. The summed E-state index contributed by atoms with van der Waals surface area (Å²) in [6.07, 6.45) is -0.456. The molecule has 0 radical (unpaired) electrons. The van der Waals surface area contributed by atoms with Gasteiger partial charge in [0.1, 0.15) is 0 Å². The highest BCUT2D eigenvalue weighted by Gasteiger charge is 2.56. The van der Waals surface area contributed by atoms with Crippen LogP contribution in [0.15, 0.2) is 24.3 Å². The molecule has 98 valence electrons. The predicted octanol–water partition coefficient (Wildman–Crippen LogP) is 2.10. The SMILES string of the molecule is COC(=O)c1ccc(C2(CN)CC(F)(F)C2)cc1. The summed E-state index contributed by atoms with van der Waals surface area (Å²) in [5.41, 5.74) is 6.12. The second-order valence-electron chi connectivity index (χ2n) is 4.76. The van der Waals surface area contributed by atoms with E-state index in [1.165, 1.54) is 7.11 Å². The topological polar surface area (TPSA) is 52.3 Å². The normalized spacial score (nSPS) is 20.0. The van der Waals surface area contributed by atoms with Crippen molar-refractivity contribution < 1.29 is 18.3 Å². The van der Waals surface area contributed by atoms with Gasteiger partial charge in [0.2, 0.25) is 5.92 Å². The average molecular weight is 255 g/mol. The van der Waals surface area contributed by atoms with Crippen molar-refractivity contribution >= 4 is 5.97 Å². The van der Waals surface area contributed by atoms with Gasteiger partial charge in [0, 0.05) is 24.8 Å². The van der Waals surface area contributed by atoms with Crippen LogP contribution in [0.25, 0.3) is 0 Å². The van der Waals surface area contributed by atoms with E-state index in [2.05, 4.69) is 4.74 Å². The van der Waals surface area contributed by atoms with Gasteiger partial charge in [-0.05, 0) is 17.7 Å². The molecule has 0 aliphatic heterocycles. The lowest BCUT2D eigenvalue weighted by Crippen LogP contribution is -2.53. The lowest BCUT2D eigenvalue weighted by atomic mass is 9.62. The molecule has 0 atom stereocenters. The number of hydrogen-bond acceptors (Lipinski definition) is 3. The molecule has 0 aromatic heterocycles. The molecule has 0 saturated heterocycles. The number of esters is 1. The highest BCUT2D eigenvalue weighted by molar-refractivity contribution is 5.89. The molecule has 0 heterocycles. The zero-order valence-electron chi connectivity index (χ0n) is 10.1. The van der Waals surface area contributed by atoms with Gasteiger partial charge in [-0.25, -0.2) is 13.6 Å². The van der Waals surface area contributed by atoms with E-state index < -0.39 is 17.3 Å². The van der Waals surface area contributed by atoms with E-state index in [0.29, 0.717) is 5.56 Å². The molecule has 18 heavy (non-hydrogen) atoms. The Hall–Kier alpha value is -1.49. The van der Waals surface area contributed by atoms with E-state index in [4.69, 9.17) is 5.73 Å². The third kappa shape index (κ3) is 2.10. The van der Waals surface area contributed by atoms with Gasteiger partial charge < -0.3 is 10.5 Å². The molecule has 1 saturated carbocycles. The monoisotopic (exact) mass is 255 g/mol. The Labute approximate surface area is 104 Å². The highest BCUT2D eigenvalue weighted by Crippen LogP contribution is 2.52. The maximum atomic E-state index is 13.0. The van der Waals surface area contributed by atoms with Gasteiger partial charge in [0.15, 0.2) is 0 Å². The fraction of sp³-hybridized carbons (Fsp3) is 0.462. The van der Waals surface area contributed by atoms with E-state index in [9.17, 15) is 13.6 Å². The minimum absolute atomic E-state index is 0.181. The standard InChI is InChI=1S/C13H15F2NO2/c1-18-11(17)9-2-4-10(5-3-9)12(8-16)6-13(14,15)7-12/h2-5H,6-8,16H2,1H3. The summed E-state index contributed by atoms with van der Waals surface area (Å²) in [5.74, 6) is -3.07. The van der Waals surface area contributed by atoms with E-state index >= 15 is 0 Å². The van der Waals surface area contributed by atoms with Gasteiger partial charge in [-0.15, -0.1) is 0 Å². The predicted molar refractivity (Wildman–Crippen MR) is 62.7 cm³/mol. The van der Waals surface area contributed by atoms with Gasteiger partial charge >= 0.3 is 5.97 Å². The van der Waals surface area contributed by atoms with Gasteiger partial charge in [-0.2, -0.15) is 0 Å². The first-order chi connectivity index (χ1) is 8.42. The first-order valence-electron chi connectivity index (χ1n) is 5.69. The fourth-order valence-corrected chi connectivity index (χ4v) is 2.48. The number of alkyl halides is 2. The summed E-state index contributed by atoms with van der Waals surface area (Å²) in [5, 5.41) is 0. The van der Waals surface area contributed by atoms with Crippen LogP contribution in [0.5, 0.6) is 0 Å². The molecule has 1 aromatic carbocycles. The fourth-order valence-electron chi connectivity index (χ4n) is 2.48. The average Bonchev–Trinajstić information content (AvgIpc) is 2.34. The summed E-state index contributed by atoms with van der Waals surface area (Å²) in [6, 6.07) is 6.51. The summed E-state index contributed by atoms with van der Waals surface area (Å²) in [4.78, 5) is 11.3. The smallest absolute Gasteiger partial charge is 0.337 e. The van der Waals surface area contributed by atoms with Crippen molar-refractivity contribution in [1.29, 1.82) is 0 Å². The lowest BCUT2D eigenvalue weighted by molar-refractivity contribution is -0.123. The van der Waals surface area contributed by atoms with Crippen molar-refractivity contribution in [2.45, 2.75) is 24.2 Å². The quantitative estimate of drug-likeness (QED) is 0.841. The maximum Gasteiger partial charge on any atom is 0.337 e. The Balaban J connectivity index is 2.22. The molecule has 1 aliphatic rings. The number of methoxy groups -OCH3 is 1. The number of hydrogen-bond donors (Lipinski definition) is 1. The highest BCUT2D eigenvalue weighted by atomic mass is 19.3. The number of nitrogens with two attached hydrogens (primary N) is 1. The third-order valence-corrected chi connectivity index (χ3v) is 3.50. The first kappa shape index (κ1) is 13.0. The zero-order chi connectivity index (χ0) is 13.4. The molecule has 1 aliphatic carbocycles. The van der Waals surface area contributed by atoms with Crippen LogP contribution in [-0.4, -0.2) is 25.5 Å². The molecule has 2 rings (SSSR count).